The highest BCUT2D eigenvalue weighted by Crippen LogP contribution is 2.30. The molecule has 0 heterocycles. The van der Waals surface area contributed by atoms with Gasteiger partial charge < -0.3 is 0 Å². The van der Waals surface area contributed by atoms with E-state index in [1.54, 1.807) is 30.3 Å². The van der Waals surface area contributed by atoms with Crippen LogP contribution < -0.4 is 0 Å². The first-order valence-corrected chi connectivity index (χ1v) is 7.18. The third-order valence-electron chi connectivity index (χ3n) is 3.71. The van der Waals surface area contributed by atoms with E-state index in [2.05, 4.69) is 0 Å². The molecule has 6 heteroatoms. The average molecular weight is 319 g/mol. The summed E-state index contributed by atoms with van der Waals surface area (Å²) in [5.41, 5.74) is 0.967. The second kappa shape index (κ2) is 7.66. The first kappa shape index (κ1) is 16.9. The summed E-state index contributed by atoms with van der Waals surface area (Å²) in [6.07, 6.45) is -0.0202. The number of nitrogens with zero attached hydrogens (tertiary/aromatic N) is 3. The summed E-state index contributed by atoms with van der Waals surface area (Å²) in [5.74, 6) is -1.85. The molecule has 6 nitrogen and oxygen atoms in total. The molecule has 2 rings (SSSR count). The number of hydrogen-bond acceptors (Lipinski definition) is 5. The minimum atomic E-state index is -1.01. The summed E-state index contributed by atoms with van der Waals surface area (Å²) in [5, 5.41) is 29.1. The fourth-order valence-electron chi connectivity index (χ4n) is 2.42. The third kappa shape index (κ3) is 3.82. The number of carbonyl (C=O) groups is 1. The number of Topliss-reactive ketones (excluding diaryl/α,β-unsaturated/α-hetero) is 1. The molecule has 1 atom stereocenters. The quantitative estimate of drug-likeness (QED) is 0.459. The zero-order valence-corrected chi connectivity index (χ0v) is 12.6. The predicted molar refractivity (Wildman–Crippen MR) is 85.9 cm³/mol. The van der Waals surface area contributed by atoms with Gasteiger partial charge in [0.2, 0.25) is 0 Å². The molecule has 2 aromatic rings. The van der Waals surface area contributed by atoms with Crippen LogP contribution in [0.1, 0.15) is 28.3 Å². The lowest BCUT2D eigenvalue weighted by Crippen LogP contribution is -2.15. The van der Waals surface area contributed by atoms with E-state index in [1.165, 1.54) is 24.3 Å². The number of hydrogen-bond donors (Lipinski definition) is 0. The Morgan fingerprint density at radius 2 is 1.62 bits per heavy atom. The Balaban J connectivity index is 2.32. The Kier molecular flexibility index (Phi) is 5.38. The van der Waals surface area contributed by atoms with E-state index in [0.29, 0.717) is 11.1 Å². The van der Waals surface area contributed by atoms with E-state index < -0.39 is 16.8 Å². The lowest BCUT2D eigenvalue weighted by molar-refractivity contribution is -0.384. The van der Waals surface area contributed by atoms with Gasteiger partial charge in [0.15, 0.2) is 5.78 Å². The summed E-state index contributed by atoms with van der Waals surface area (Å²) in [4.78, 5) is 22.6. The number of nitro groups is 1. The normalized spacial score (nSPS) is 11.3. The van der Waals surface area contributed by atoms with Crippen molar-refractivity contribution < 1.29 is 9.72 Å². The Morgan fingerprint density at radius 3 is 2.12 bits per heavy atom. The zero-order chi connectivity index (χ0) is 17.5. The number of rotatable bonds is 6. The van der Waals surface area contributed by atoms with Gasteiger partial charge in [0.1, 0.15) is 5.92 Å². The van der Waals surface area contributed by atoms with Gasteiger partial charge in [-0.2, -0.15) is 10.5 Å². The van der Waals surface area contributed by atoms with Crippen molar-refractivity contribution in [2.24, 2.45) is 5.92 Å². The van der Waals surface area contributed by atoms with Gasteiger partial charge in [-0.1, -0.05) is 42.5 Å². The van der Waals surface area contributed by atoms with Crippen molar-refractivity contribution in [1.29, 1.82) is 10.5 Å². The molecule has 2 aromatic carbocycles. The van der Waals surface area contributed by atoms with Crippen molar-refractivity contribution in [2.45, 2.75) is 12.3 Å². The van der Waals surface area contributed by atoms with E-state index in [1.807, 2.05) is 12.1 Å². The minimum absolute atomic E-state index is 0.0202. The van der Waals surface area contributed by atoms with Crippen LogP contribution in [0.4, 0.5) is 5.69 Å². The van der Waals surface area contributed by atoms with Gasteiger partial charge in [-0.3, -0.25) is 14.9 Å². The van der Waals surface area contributed by atoms with Crippen LogP contribution in [-0.2, 0) is 0 Å². The van der Waals surface area contributed by atoms with Crippen molar-refractivity contribution in [3.05, 3.63) is 75.8 Å². The third-order valence-corrected chi connectivity index (χ3v) is 3.71. The highest BCUT2D eigenvalue weighted by atomic mass is 16.6. The van der Waals surface area contributed by atoms with Crippen molar-refractivity contribution >= 4 is 11.5 Å². The fraction of sp³-hybridized carbons (Fsp3) is 0.167. The van der Waals surface area contributed by atoms with Crippen LogP contribution in [0.25, 0.3) is 0 Å². The van der Waals surface area contributed by atoms with Crippen molar-refractivity contribution in [2.75, 3.05) is 0 Å². The molecule has 0 aliphatic heterocycles. The maximum absolute atomic E-state index is 12.4. The molecule has 0 N–H and O–H groups in total. The molecule has 0 aliphatic rings. The minimum Gasteiger partial charge on any atom is -0.294 e. The number of nitro benzene ring substituents is 1. The van der Waals surface area contributed by atoms with Gasteiger partial charge in [-0.25, -0.2) is 0 Å². The number of nitriles is 2. The summed E-state index contributed by atoms with van der Waals surface area (Å²) in [7, 11) is 0. The fourth-order valence-corrected chi connectivity index (χ4v) is 2.42. The van der Waals surface area contributed by atoms with Crippen LogP contribution >= 0.6 is 0 Å². The summed E-state index contributed by atoms with van der Waals surface area (Å²) in [6.45, 7) is 0. The summed E-state index contributed by atoms with van der Waals surface area (Å²) in [6, 6.07) is 18.0. The molecule has 118 valence electrons. The molecule has 0 aliphatic carbocycles. The van der Waals surface area contributed by atoms with Crippen LogP contribution in [0.3, 0.4) is 0 Å². The lowest BCUT2D eigenvalue weighted by Gasteiger charge is -2.17. The highest BCUT2D eigenvalue weighted by molar-refractivity contribution is 5.96. The van der Waals surface area contributed by atoms with Crippen molar-refractivity contribution in [3.8, 4) is 12.1 Å². The molecular weight excluding hydrogens is 306 g/mol. The monoisotopic (exact) mass is 319 g/mol. The van der Waals surface area contributed by atoms with Crippen molar-refractivity contribution in [3.63, 3.8) is 0 Å². The lowest BCUT2D eigenvalue weighted by atomic mass is 9.82. The SMILES string of the molecule is N#CC(C#N)[C@H](CC(=O)c1ccccc1)c1ccc([N+](=O)[O-])cc1. The van der Waals surface area contributed by atoms with Crippen molar-refractivity contribution in [1.82, 2.24) is 0 Å². The molecule has 0 radical (unpaired) electrons. The Hall–Kier alpha value is -3.51. The first-order valence-electron chi connectivity index (χ1n) is 7.18. The Morgan fingerprint density at radius 1 is 1.04 bits per heavy atom. The number of carbonyl (C=O) groups excluding carboxylic acids is 1. The second-order valence-corrected chi connectivity index (χ2v) is 5.18. The number of benzene rings is 2. The number of ketones is 1. The molecule has 0 bridgehead atoms. The molecule has 0 aromatic heterocycles. The molecular formula is C18H13N3O3. The topological polar surface area (TPSA) is 108 Å². The molecule has 0 saturated carbocycles. The second-order valence-electron chi connectivity index (χ2n) is 5.18. The van der Waals surface area contributed by atoms with Gasteiger partial charge >= 0.3 is 0 Å². The molecule has 24 heavy (non-hydrogen) atoms. The molecule has 0 unspecified atom stereocenters. The van der Waals surface area contributed by atoms with Gasteiger partial charge in [0.25, 0.3) is 5.69 Å². The Labute approximate surface area is 138 Å². The van der Waals surface area contributed by atoms with Crippen LogP contribution in [0, 0.1) is 38.7 Å². The van der Waals surface area contributed by atoms with E-state index in [-0.39, 0.29) is 17.9 Å². The van der Waals surface area contributed by atoms with Crippen LogP contribution in [0.5, 0.6) is 0 Å². The average Bonchev–Trinajstić information content (AvgIpc) is 2.62. The molecule has 0 amide bonds. The molecule has 0 fully saturated rings. The maximum Gasteiger partial charge on any atom is 0.269 e. The van der Waals surface area contributed by atoms with Crippen LogP contribution in [-0.4, -0.2) is 10.7 Å². The summed E-state index contributed by atoms with van der Waals surface area (Å²) < 4.78 is 0. The maximum atomic E-state index is 12.4. The van der Waals surface area contributed by atoms with Gasteiger partial charge in [0.05, 0.1) is 17.1 Å². The molecule has 0 spiro atoms. The van der Waals surface area contributed by atoms with E-state index in [4.69, 9.17) is 0 Å². The van der Waals surface area contributed by atoms with Gasteiger partial charge in [-0.15, -0.1) is 0 Å². The van der Waals surface area contributed by atoms with Crippen LogP contribution in [0.15, 0.2) is 54.6 Å². The Bertz CT molecular complexity index is 803. The number of non-ortho nitro benzene ring substituents is 1. The van der Waals surface area contributed by atoms with E-state index in [0.717, 1.165) is 0 Å². The largest absolute Gasteiger partial charge is 0.294 e. The van der Waals surface area contributed by atoms with E-state index in [9.17, 15) is 25.4 Å². The van der Waals surface area contributed by atoms with Crippen LogP contribution in [0.2, 0.25) is 0 Å². The standard InChI is InChI=1S/C18H13N3O3/c19-11-15(12-20)17(10-18(22)14-4-2-1-3-5-14)13-6-8-16(9-7-13)21(23)24/h1-9,15,17H,10H2/t17-/m1/s1. The predicted octanol–water partition coefficient (Wildman–Crippen LogP) is 3.61. The van der Waals surface area contributed by atoms with Gasteiger partial charge in [-0.05, 0) is 5.56 Å². The highest BCUT2D eigenvalue weighted by Gasteiger charge is 2.26. The van der Waals surface area contributed by atoms with E-state index >= 15 is 0 Å². The van der Waals surface area contributed by atoms with Gasteiger partial charge in [0, 0.05) is 30.0 Å². The first-order chi connectivity index (χ1) is 11.6. The smallest absolute Gasteiger partial charge is 0.269 e. The summed E-state index contributed by atoms with van der Waals surface area (Å²) >= 11 is 0. The molecule has 0 saturated heterocycles. The zero-order valence-electron chi connectivity index (χ0n) is 12.6.